The highest BCUT2D eigenvalue weighted by atomic mass is 32.2. The van der Waals surface area contributed by atoms with Gasteiger partial charge in [-0.3, -0.25) is 4.79 Å². The molecule has 1 saturated carbocycles. The summed E-state index contributed by atoms with van der Waals surface area (Å²) in [5.41, 5.74) is 0.522. The van der Waals surface area contributed by atoms with Crippen LogP contribution in [0.3, 0.4) is 0 Å². The van der Waals surface area contributed by atoms with Gasteiger partial charge in [0.2, 0.25) is 0 Å². The average molecular weight is 281 g/mol. The molecule has 0 atom stereocenters. The third-order valence-corrected chi connectivity index (χ3v) is 5.29. The van der Waals surface area contributed by atoms with Gasteiger partial charge in [-0.05, 0) is 43.4 Å². The maximum Gasteiger partial charge on any atom is 0.251 e. The number of hydrogen-bond acceptors (Lipinski definition) is 2. The zero-order chi connectivity index (χ0) is 13.7. The molecule has 1 fully saturated rings. The van der Waals surface area contributed by atoms with Gasteiger partial charge in [0.05, 0.1) is 0 Å². The van der Waals surface area contributed by atoms with Gasteiger partial charge >= 0.3 is 0 Å². The van der Waals surface area contributed by atoms with Gasteiger partial charge in [0.1, 0.15) is 5.82 Å². The molecule has 0 radical (unpaired) electrons. The molecule has 19 heavy (non-hydrogen) atoms. The van der Waals surface area contributed by atoms with Crippen molar-refractivity contribution < 1.29 is 9.18 Å². The van der Waals surface area contributed by atoms with Crippen LogP contribution in [0.5, 0.6) is 0 Å². The highest BCUT2D eigenvalue weighted by molar-refractivity contribution is 8.00. The van der Waals surface area contributed by atoms with Crippen LogP contribution in [0.4, 0.5) is 4.39 Å². The predicted molar refractivity (Wildman–Crippen MR) is 78.1 cm³/mol. The Kier molecular flexibility index (Phi) is 4.86. The minimum Gasteiger partial charge on any atom is -0.351 e. The largest absolute Gasteiger partial charge is 0.351 e. The summed E-state index contributed by atoms with van der Waals surface area (Å²) in [6, 6.07) is 5.69. The zero-order valence-corrected chi connectivity index (χ0v) is 12.1. The molecule has 1 amide bonds. The molecule has 0 heterocycles. The van der Waals surface area contributed by atoms with E-state index in [9.17, 15) is 9.18 Å². The van der Waals surface area contributed by atoms with Crippen LogP contribution in [0.2, 0.25) is 0 Å². The smallest absolute Gasteiger partial charge is 0.251 e. The summed E-state index contributed by atoms with van der Waals surface area (Å²) in [6.07, 6.45) is 8.24. The van der Waals surface area contributed by atoms with Crippen LogP contribution in [0.15, 0.2) is 24.3 Å². The van der Waals surface area contributed by atoms with Gasteiger partial charge < -0.3 is 5.32 Å². The van der Waals surface area contributed by atoms with E-state index < -0.39 is 0 Å². The Morgan fingerprint density at radius 3 is 2.47 bits per heavy atom. The van der Waals surface area contributed by atoms with Crippen molar-refractivity contribution in [3.63, 3.8) is 0 Å². The lowest BCUT2D eigenvalue weighted by Crippen LogP contribution is -2.41. The minimum atomic E-state index is -0.315. The molecule has 0 bridgehead atoms. The summed E-state index contributed by atoms with van der Waals surface area (Å²) in [7, 11) is 0. The normalized spacial score (nSPS) is 18.0. The van der Waals surface area contributed by atoms with Crippen LogP contribution in [-0.2, 0) is 0 Å². The van der Waals surface area contributed by atoms with Crippen molar-refractivity contribution in [1.82, 2.24) is 5.32 Å². The van der Waals surface area contributed by atoms with Crippen LogP contribution < -0.4 is 5.32 Å². The third-order valence-electron chi connectivity index (χ3n) is 3.88. The van der Waals surface area contributed by atoms with Crippen molar-refractivity contribution in [2.45, 2.75) is 36.9 Å². The molecule has 2 nitrogen and oxygen atoms in total. The Hall–Kier alpha value is -1.03. The molecule has 1 aromatic carbocycles. The summed E-state index contributed by atoms with van der Waals surface area (Å²) < 4.78 is 13.0. The van der Waals surface area contributed by atoms with Gasteiger partial charge in [0, 0.05) is 16.9 Å². The fourth-order valence-corrected chi connectivity index (χ4v) is 3.51. The maximum absolute atomic E-state index is 12.8. The van der Waals surface area contributed by atoms with Crippen molar-refractivity contribution in [2.75, 3.05) is 12.8 Å². The molecule has 0 spiro atoms. The standard InChI is InChI=1S/C15H20FNOS/c1-19-15(9-3-2-4-10-15)11-17-14(18)12-5-7-13(16)8-6-12/h5-8H,2-4,9-11H2,1H3,(H,17,18). The Bertz CT molecular complexity index is 426. The van der Waals surface area contributed by atoms with Crippen LogP contribution in [0.1, 0.15) is 42.5 Å². The lowest BCUT2D eigenvalue weighted by atomic mass is 9.88. The Labute approximate surface area is 118 Å². The van der Waals surface area contributed by atoms with E-state index in [0.29, 0.717) is 12.1 Å². The monoisotopic (exact) mass is 281 g/mol. The molecular formula is C15H20FNOS. The molecule has 1 aliphatic carbocycles. The lowest BCUT2D eigenvalue weighted by Gasteiger charge is -2.35. The van der Waals surface area contributed by atoms with Crippen molar-refractivity contribution in [1.29, 1.82) is 0 Å². The summed E-state index contributed by atoms with van der Waals surface area (Å²) >= 11 is 1.86. The molecule has 0 unspecified atom stereocenters. The van der Waals surface area contributed by atoms with E-state index in [0.717, 1.165) is 12.8 Å². The van der Waals surface area contributed by atoms with E-state index >= 15 is 0 Å². The Morgan fingerprint density at radius 1 is 1.26 bits per heavy atom. The van der Waals surface area contributed by atoms with Gasteiger partial charge in [-0.2, -0.15) is 11.8 Å². The van der Waals surface area contributed by atoms with E-state index in [-0.39, 0.29) is 16.5 Å². The number of benzene rings is 1. The van der Waals surface area contributed by atoms with Gasteiger partial charge in [0.25, 0.3) is 5.91 Å². The first-order valence-corrected chi connectivity index (χ1v) is 7.97. The number of carbonyl (C=O) groups excluding carboxylic acids is 1. The summed E-state index contributed by atoms with van der Waals surface area (Å²) in [5.74, 6) is -0.427. The highest BCUT2D eigenvalue weighted by Gasteiger charge is 2.31. The second-order valence-corrected chi connectivity index (χ2v) is 6.41. The summed E-state index contributed by atoms with van der Waals surface area (Å²) in [4.78, 5) is 12.0. The van der Waals surface area contributed by atoms with E-state index in [1.807, 2.05) is 11.8 Å². The molecule has 0 aromatic heterocycles. The van der Waals surface area contributed by atoms with Crippen LogP contribution >= 0.6 is 11.8 Å². The fourth-order valence-electron chi connectivity index (χ4n) is 2.59. The van der Waals surface area contributed by atoms with Crippen LogP contribution in [-0.4, -0.2) is 23.5 Å². The van der Waals surface area contributed by atoms with Crippen LogP contribution in [0, 0.1) is 5.82 Å². The summed E-state index contributed by atoms with van der Waals surface area (Å²) in [6.45, 7) is 0.699. The Balaban J connectivity index is 1.93. The number of amides is 1. The number of rotatable bonds is 4. The van der Waals surface area contributed by atoms with Crippen molar-refractivity contribution in [2.24, 2.45) is 0 Å². The van der Waals surface area contributed by atoms with Crippen molar-refractivity contribution in [3.8, 4) is 0 Å². The van der Waals surface area contributed by atoms with Crippen LogP contribution in [0.25, 0.3) is 0 Å². The molecule has 1 aliphatic rings. The second kappa shape index (κ2) is 6.42. The first kappa shape index (κ1) is 14.4. The fraction of sp³-hybridized carbons (Fsp3) is 0.533. The number of carbonyl (C=O) groups is 1. The van der Waals surface area contributed by atoms with Gasteiger partial charge in [0.15, 0.2) is 0 Å². The minimum absolute atomic E-state index is 0.112. The topological polar surface area (TPSA) is 29.1 Å². The number of halogens is 1. The average Bonchev–Trinajstić information content (AvgIpc) is 2.46. The molecule has 0 saturated heterocycles. The van der Waals surface area contributed by atoms with E-state index in [4.69, 9.17) is 0 Å². The molecule has 4 heteroatoms. The first-order chi connectivity index (χ1) is 9.15. The molecule has 1 N–H and O–H groups in total. The van der Waals surface area contributed by atoms with Gasteiger partial charge in [-0.15, -0.1) is 0 Å². The molecule has 104 valence electrons. The van der Waals surface area contributed by atoms with Crippen molar-refractivity contribution in [3.05, 3.63) is 35.6 Å². The molecule has 1 aromatic rings. The molecule has 0 aliphatic heterocycles. The molecule has 2 rings (SSSR count). The third kappa shape index (κ3) is 3.72. The van der Waals surface area contributed by atoms with E-state index in [2.05, 4.69) is 11.6 Å². The SMILES string of the molecule is CSC1(CNC(=O)c2ccc(F)cc2)CCCCC1. The quantitative estimate of drug-likeness (QED) is 0.913. The van der Waals surface area contributed by atoms with Crippen molar-refractivity contribution >= 4 is 17.7 Å². The number of nitrogens with one attached hydrogen (secondary N) is 1. The summed E-state index contributed by atoms with van der Waals surface area (Å²) in [5, 5.41) is 3.00. The lowest BCUT2D eigenvalue weighted by molar-refractivity contribution is 0.0947. The van der Waals surface area contributed by atoms with E-state index in [1.54, 1.807) is 0 Å². The highest BCUT2D eigenvalue weighted by Crippen LogP contribution is 2.37. The number of thioether (sulfide) groups is 1. The van der Waals surface area contributed by atoms with Gasteiger partial charge in [-0.25, -0.2) is 4.39 Å². The van der Waals surface area contributed by atoms with Gasteiger partial charge in [-0.1, -0.05) is 19.3 Å². The first-order valence-electron chi connectivity index (χ1n) is 6.74. The molecular weight excluding hydrogens is 261 g/mol. The second-order valence-electron chi connectivity index (χ2n) is 5.14. The zero-order valence-electron chi connectivity index (χ0n) is 11.2. The Morgan fingerprint density at radius 2 is 1.89 bits per heavy atom. The van der Waals surface area contributed by atoms with E-state index in [1.165, 1.54) is 43.5 Å². The maximum atomic E-state index is 12.8. The predicted octanol–water partition coefficient (Wildman–Crippen LogP) is 3.62. The number of hydrogen-bond donors (Lipinski definition) is 1.